The third-order valence-electron chi connectivity index (χ3n) is 4.62. The highest BCUT2D eigenvalue weighted by Gasteiger charge is 2.31. The van der Waals surface area contributed by atoms with Crippen molar-refractivity contribution >= 4 is 27.5 Å². The molecule has 11 heteroatoms. The van der Waals surface area contributed by atoms with Gasteiger partial charge in [0.15, 0.2) is 0 Å². The predicted octanol–water partition coefficient (Wildman–Crippen LogP) is 3.10. The molecule has 0 N–H and O–H groups in total. The molecule has 0 atom stereocenters. The number of carbonyl (C=O) groups is 1. The molecule has 1 heterocycles. The highest BCUT2D eigenvalue weighted by atomic mass is 35.5. The minimum atomic E-state index is -3.90. The average Bonchev–Trinajstić information content (AvgIpc) is 2.74. The zero-order valence-electron chi connectivity index (χ0n) is 15.9. The van der Waals surface area contributed by atoms with Gasteiger partial charge in [0, 0.05) is 31.7 Å². The minimum absolute atomic E-state index is 0.0944. The fourth-order valence-corrected chi connectivity index (χ4v) is 4.77. The van der Waals surface area contributed by atoms with Crippen molar-refractivity contribution in [1.29, 1.82) is 0 Å². The van der Waals surface area contributed by atoms with Crippen LogP contribution in [-0.2, 0) is 10.0 Å². The van der Waals surface area contributed by atoms with Crippen LogP contribution in [0.25, 0.3) is 0 Å². The lowest BCUT2D eigenvalue weighted by Gasteiger charge is -2.34. The van der Waals surface area contributed by atoms with Crippen molar-refractivity contribution < 1.29 is 31.5 Å². The molecule has 0 unspecified atom stereocenters. The van der Waals surface area contributed by atoms with E-state index in [0.717, 1.165) is 18.2 Å². The number of benzene rings is 2. The first kappa shape index (κ1) is 22.3. The molecule has 0 saturated carbocycles. The van der Waals surface area contributed by atoms with Gasteiger partial charge in [0.2, 0.25) is 10.0 Å². The maximum absolute atomic E-state index is 12.9. The van der Waals surface area contributed by atoms with Gasteiger partial charge in [-0.3, -0.25) is 4.79 Å². The van der Waals surface area contributed by atoms with Crippen LogP contribution in [0.2, 0.25) is 5.02 Å². The normalized spacial score (nSPS) is 15.3. The number of sulfonamides is 1. The summed E-state index contributed by atoms with van der Waals surface area (Å²) < 4.78 is 60.9. The number of alkyl halides is 2. The monoisotopic (exact) mass is 460 g/mol. The quantitative estimate of drug-likeness (QED) is 0.662. The van der Waals surface area contributed by atoms with Gasteiger partial charge in [-0.1, -0.05) is 11.6 Å². The van der Waals surface area contributed by atoms with Crippen molar-refractivity contribution in [3.8, 4) is 11.5 Å². The zero-order chi connectivity index (χ0) is 21.9. The number of carbonyl (C=O) groups excluding carboxylic acids is 1. The van der Waals surface area contributed by atoms with E-state index in [1.165, 1.54) is 11.4 Å². The third kappa shape index (κ3) is 4.82. The molecule has 1 saturated heterocycles. The summed E-state index contributed by atoms with van der Waals surface area (Å²) in [5.41, 5.74) is 0.480. The van der Waals surface area contributed by atoms with E-state index < -0.39 is 16.6 Å². The number of halogens is 3. The van der Waals surface area contributed by atoms with Gasteiger partial charge in [0.05, 0.1) is 17.0 Å². The van der Waals surface area contributed by atoms with Crippen LogP contribution in [0.1, 0.15) is 10.4 Å². The van der Waals surface area contributed by atoms with E-state index in [4.69, 9.17) is 16.3 Å². The van der Waals surface area contributed by atoms with Crippen molar-refractivity contribution in [2.75, 3.05) is 33.3 Å². The van der Waals surface area contributed by atoms with Gasteiger partial charge in [0.1, 0.15) is 11.5 Å². The number of piperazine rings is 1. The Kier molecular flexibility index (Phi) is 6.79. The number of amides is 1. The second-order valence-corrected chi connectivity index (χ2v) is 8.74. The second-order valence-electron chi connectivity index (χ2n) is 6.40. The van der Waals surface area contributed by atoms with E-state index in [-0.39, 0.29) is 47.8 Å². The molecule has 0 aromatic heterocycles. The molecule has 2 aromatic carbocycles. The van der Waals surface area contributed by atoms with E-state index in [1.807, 2.05) is 0 Å². The Morgan fingerprint density at radius 3 is 2.23 bits per heavy atom. The van der Waals surface area contributed by atoms with Crippen LogP contribution in [0.5, 0.6) is 11.5 Å². The third-order valence-corrected chi connectivity index (χ3v) is 6.81. The molecule has 1 aliphatic heterocycles. The van der Waals surface area contributed by atoms with Gasteiger partial charge in [-0.15, -0.1) is 0 Å². The first-order chi connectivity index (χ1) is 14.2. The molecule has 1 aliphatic rings. The van der Waals surface area contributed by atoms with E-state index >= 15 is 0 Å². The Labute approximate surface area is 177 Å². The molecular weight excluding hydrogens is 442 g/mol. The Morgan fingerprint density at radius 1 is 1.07 bits per heavy atom. The molecule has 2 aromatic rings. The largest absolute Gasteiger partial charge is 0.497 e. The Balaban J connectivity index is 1.67. The molecule has 1 amide bonds. The summed E-state index contributed by atoms with van der Waals surface area (Å²) in [6, 6.07) is 9.98. The Morgan fingerprint density at radius 2 is 1.70 bits per heavy atom. The highest BCUT2D eigenvalue weighted by Crippen LogP contribution is 2.30. The molecule has 3 rings (SSSR count). The van der Waals surface area contributed by atoms with Crippen LogP contribution in [-0.4, -0.2) is 63.4 Å². The van der Waals surface area contributed by atoms with Gasteiger partial charge < -0.3 is 14.4 Å². The molecule has 162 valence electrons. The number of nitrogens with zero attached hydrogens (tertiary/aromatic N) is 2. The number of ether oxygens (including phenoxy) is 2. The molecular formula is C19H19ClF2N2O5S. The molecule has 0 spiro atoms. The fourth-order valence-electron chi connectivity index (χ4n) is 3.03. The number of methoxy groups -OCH3 is 1. The molecule has 0 bridgehead atoms. The van der Waals surface area contributed by atoms with Gasteiger partial charge >= 0.3 is 6.61 Å². The van der Waals surface area contributed by atoms with Gasteiger partial charge in [0.25, 0.3) is 5.91 Å². The lowest BCUT2D eigenvalue weighted by atomic mass is 10.2. The number of rotatable bonds is 6. The smallest absolute Gasteiger partial charge is 0.387 e. The van der Waals surface area contributed by atoms with E-state index in [2.05, 4.69) is 4.74 Å². The van der Waals surface area contributed by atoms with E-state index in [1.54, 1.807) is 29.2 Å². The molecule has 0 radical (unpaired) electrons. The van der Waals surface area contributed by atoms with Crippen molar-refractivity contribution in [2.24, 2.45) is 0 Å². The van der Waals surface area contributed by atoms with Crippen LogP contribution < -0.4 is 9.47 Å². The van der Waals surface area contributed by atoms with Gasteiger partial charge in [-0.25, -0.2) is 8.42 Å². The summed E-state index contributed by atoms with van der Waals surface area (Å²) in [7, 11) is -2.37. The van der Waals surface area contributed by atoms with Crippen molar-refractivity contribution in [3.63, 3.8) is 0 Å². The van der Waals surface area contributed by atoms with Crippen LogP contribution in [0.3, 0.4) is 0 Å². The Bertz CT molecular complexity index is 1010. The maximum Gasteiger partial charge on any atom is 0.387 e. The molecule has 30 heavy (non-hydrogen) atoms. The topological polar surface area (TPSA) is 76.2 Å². The minimum Gasteiger partial charge on any atom is -0.497 e. The Hall–Kier alpha value is -2.43. The van der Waals surface area contributed by atoms with E-state index in [0.29, 0.717) is 11.3 Å². The number of hydrogen-bond donors (Lipinski definition) is 0. The summed E-state index contributed by atoms with van der Waals surface area (Å²) in [6.07, 6.45) is 0. The van der Waals surface area contributed by atoms with Gasteiger partial charge in [-0.05, 0) is 42.5 Å². The lowest BCUT2D eigenvalue weighted by molar-refractivity contribution is -0.0498. The fraction of sp³-hybridized carbons (Fsp3) is 0.316. The van der Waals surface area contributed by atoms with Crippen molar-refractivity contribution in [1.82, 2.24) is 9.21 Å². The van der Waals surface area contributed by atoms with Crippen LogP contribution in [0.4, 0.5) is 8.78 Å². The highest BCUT2D eigenvalue weighted by molar-refractivity contribution is 7.89. The predicted molar refractivity (Wildman–Crippen MR) is 106 cm³/mol. The number of hydrogen-bond acceptors (Lipinski definition) is 5. The van der Waals surface area contributed by atoms with Crippen LogP contribution >= 0.6 is 11.6 Å². The summed E-state index contributed by atoms with van der Waals surface area (Å²) in [4.78, 5) is 14.1. The van der Waals surface area contributed by atoms with Crippen molar-refractivity contribution in [2.45, 2.75) is 11.5 Å². The van der Waals surface area contributed by atoms with Gasteiger partial charge in [-0.2, -0.15) is 13.1 Å². The maximum atomic E-state index is 12.9. The molecule has 0 aliphatic carbocycles. The lowest BCUT2D eigenvalue weighted by Crippen LogP contribution is -2.50. The zero-order valence-corrected chi connectivity index (χ0v) is 17.5. The van der Waals surface area contributed by atoms with Crippen molar-refractivity contribution in [3.05, 3.63) is 53.1 Å². The van der Waals surface area contributed by atoms with E-state index in [9.17, 15) is 22.0 Å². The SMILES string of the molecule is COc1ccc(C(=O)N2CCN(S(=O)(=O)c3ccc(OC(F)F)c(Cl)c3)CC2)cc1. The van der Waals surface area contributed by atoms with Crippen LogP contribution in [0.15, 0.2) is 47.4 Å². The first-order valence-corrected chi connectivity index (χ1v) is 10.7. The summed E-state index contributed by atoms with van der Waals surface area (Å²) >= 11 is 5.87. The second kappa shape index (κ2) is 9.15. The summed E-state index contributed by atoms with van der Waals surface area (Å²) in [5, 5.41) is -0.232. The first-order valence-electron chi connectivity index (χ1n) is 8.90. The average molecular weight is 461 g/mol. The molecule has 1 fully saturated rings. The summed E-state index contributed by atoms with van der Waals surface area (Å²) in [5.74, 6) is 0.123. The van der Waals surface area contributed by atoms with Crippen LogP contribution in [0, 0.1) is 0 Å². The molecule has 7 nitrogen and oxygen atoms in total. The standard InChI is InChI=1S/C19H19ClF2N2O5S/c1-28-14-4-2-13(3-5-14)18(25)23-8-10-24(11-9-23)30(26,27)15-6-7-17(16(20)12-15)29-19(21)22/h2-7,12,19H,8-11H2,1H3. The summed E-state index contributed by atoms with van der Waals surface area (Å²) in [6.45, 7) is -2.45.